The fourth-order valence-electron chi connectivity index (χ4n) is 4.98. The van der Waals surface area contributed by atoms with Crippen LogP contribution >= 0.6 is 0 Å². The molecule has 0 radical (unpaired) electrons. The predicted molar refractivity (Wildman–Crippen MR) is 101 cm³/mol. The fourth-order valence-corrected chi connectivity index (χ4v) is 4.98. The Morgan fingerprint density at radius 3 is 2.48 bits per heavy atom. The molecule has 3 fully saturated rings. The molecule has 4 rings (SSSR count). The number of aromatic nitrogens is 1. The minimum atomic E-state index is -0.373. The SMILES string of the molecule is Cc1ccc(C(=O)N2CCCC3(CCOCC3)C2C(=O)N2CCCC2)cn1. The minimum Gasteiger partial charge on any atom is -0.381 e. The molecule has 6 nitrogen and oxygen atoms in total. The van der Waals surface area contributed by atoms with Gasteiger partial charge in [0.05, 0.1) is 5.56 Å². The van der Waals surface area contributed by atoms with Crippen LogP contribution in [-0.2, 0) is 9.53 Å². The van der Waals surface area contributed by atoms with Crippen LogP contribution in [0.1, 0.15) is 54.6 Å². The van der Waals surface area contributed by atoms with E-state index in [1.165, 1.54) is 0 Å². The monoisotopic (exact) mass is 371 g/mol. The number of carbonyl (C=O) groups is 2. The van der Waals surface area contributed by atoms with E-state index in [1.54, 1.807) is 6.20 Å². The second-order valence-corrected chi connectivity index (χ2v) is 8.20. The van der Waals surface area contributed by atoms with Gasteiger partial charge in [0, 0.05) is 50.2 Å². The van der Waals surface area contributed by atoms with Gasteiger partial charge in [-0.15, -0.1) is 0 Å². The van der Waals surface area contributed by atoms with Crippen LogP contribution in [0, 0.1) is 12.3 Å². The molecule has 1 spiro atoms. The van der Waals surface area contributed by atoms with Crippen molar-refractivity contribution in [2.45, 2.75) is 51.5 Å². The van der Waals surface area contributed by atoms with Crippen molar-refractivity contribution in [2.24, 2.45) is 5.41 Å². The first-order chi connectivity index (χ1) is 13.1. The van der Waals surface area contributed by atoms with Gasteiger partial charge in [-0.1, -0.05) is 0 Å². The number of carbonyl (C=O) groups excluding carboxylic acids is 2. The first-order valence-electron chi connectivity index (χ1n) is 10.2. The summed E-state index contributed by atoms with van der Waals surface area (Å²) in [5.74, 6) is 0.0770. The van der Waals surface area contributed by atoms with E-state index < -0.39 is 0 Å². The molecule has 0 N–H and O–H groups in total. The van der Waals surface area contributed by atoms with E-state index in [1.807, 2.05) is 28.9 Å². The molecule has 4 heterocycles. The van der Waals surface area contributed by atoms with E-state index in [0.29, 0.717) is 25.3 Å². The molecule has 0 bridgehead atoms. The van der Waals surface area contributed by atoms with Gasteiger partial charge >= 0.3 is 0 Å². The van der Waals surface area contributed by atoms with Gasteiger partial charge in [0.15, 0.2) is 0 Å². The van der Waals surface area contributed by atoms with Crippen LogP contribution in [0.2, 0.25) is 0 Å². The maximum Gasteiger partial charge on any atom is 0.256 e. The van der Waals surface area contributed by atoms with Crippen LogP contribution in [0.25, 0.3) is 0 Å². The Labute approximate surface area is 160 Å². The quantitative estimate of drug-likeness (QED) is 0.801. The van der Waals surface area contributed by atoms with Crippen LogP contribution in [0.4, 0.5) is 0 Å². The van der Waals surface area contributed by atoms with E-state index in [-0.39, 0.29) is 23.3 Å². The first-order valence-corrected chi connectivity index (χ1v) is 10.2. The number of piperidine rings is 1. The molecule has 0 saturated carbocycles. The maximum atomic E-state index is 13.5. The van der Waals surface area contributed by atoms with Crippen molar-refractivity contribution in [3.63, 3.8) is 0 Å². The fraction of sp³-hybridized carbons (Fsp3) is 0.667. The largest absolute Gasteiger partial charge is 0.381 e. The summed E-state index contributed by atoms with van der Waals surface area (Å²) in [6, 6.07) is 3.31. The molecule has 27 heavy (non-hydrogen) atoms. The Kier molecular flexibility index (Phi) is 5.17. The molecule has 146 valence electrons. The van der Waals surface area contributed by atoms with Crippen LogP contribution in [0.3, 0.4) is 0 Å². The van der Waals surface area contributed by atoms with Crippen molar-refractivity contribution in [1.29, 1.82) is 0 Å². The van der Waals surface area contributed by atoms with E-state index in [0.717, 1.165) is 57.3 Å². The second-order valence-electron chi connectivity index (χ2n) is 8.20. The van der Waals surface area contributed by atoms with Gasteiger partial charge in [-0.05, 0) is 57.6 Å². The highest BCUT2D eigenvalue weighted by Gasteiger charge is 2.51. The summed E-state index contributed by atoms with van der Waals surface area (Å²) < 4.78 is 5.61. The molecular formula is C21H29N3O3. The number of amides is 2. The molecule has 3 saturated heterocycles. The number of aryl methyl sites for hydroxylation is 1. The van der Waals surface area contributed by atoms with Gasteiger partial charge in [0.2, 0.25) is 5.91 Å². The number of rotatable bonds is 2. The Balaban J connectivity index is 1.67. The molecule has 3 aliphatic heterocycles. The smallest absolute Gasteiger partial charge is 0.256 e. The van der Waals surface area contributed by atoms with Crippen LogP contribution in [0.5, 0.6) is 0 Å². The summed E-state index contributed by atoms with van der Waals surface area (Å²) in [5.41, 5.74) is 1.31. The molecule has 0 aromatic carbocycles. The predicted octanol–water partition coefficient (Wildman–Crippen LogP) is 2.41. The van der Waals surface area contributed by atoms with Crippen molar-refractivity contribution < 1.29 is 14.3 Å². The van der Waals surface area contributed by atoms with Crippen molar-refractivity contribution in [3.8, 4) is 0 Å². The number of pyridine rings is 1. The zero-order chi connectivity index (χ0) is 18.9. The minimum absolute atomic E-state index is 0.0642. The zero-order valence-electron chi connectivity index (χ0n) is 16.2. The standard InChI is InChI=1S/C21H29N3O3/c1-16-5-6-17(15-22-16)19(25)24-12-4-7-21(8-13-27-14-9-21)18(24)20(26)23-10-2-3-11-23/h5-6,15,18H,2-4,7-14H2,1H3. The topological polar surface area (TPSA) is 62.7 Å². The number of nitrogens with zero attached hydrogens (tertiary/aromatic N) is 3. The Bertz CT molecular complexity index is 686. The highest BCUT2D eigenvalue weighted by atomic mass is 16.5. The van der Waals surface area contributed by atoms with Crippen LogP contribution in [0.15, 0.2) is 18.3 Å². The lowest BCUT2D eigenvalue weighted by Gasteiger charge is -2.51. The van der Waals surface area contributed by atoms with Crippen molar-refractivity contribution in [2.75, 3.05) is 32.8 Å². The molecule has 2 amide bonds. The third kappa shape index (κ3) is 3.47. The average molecular weight is 371 g/mol. The molecule has 1 unspecified atom stereocenters. The van der Waals surface area contributed by atoms with Gasteiger partial charge in [0.25, 0.3) is 5.91 Å². The highest BCUT2D eigenvalue weighted by molar-refractivity contribution is 5.98. The molecule has 6 heteroatoms. The molecule has 1 aromatic rings. The summed E-state index contributed by atoms with van der Waals surface area (Å²) in [6.45, 7) is 5.54. The summed E-state index contributed by atoms with van der Waals surface area (Å²) in [5, 5.41) is 0. The van der Waals surface area contributed by atoms with E-state index in [4.69, 9.17) is 4.74 Å². The van der Waals surface area contributed by atoms with Gasteiger partial charge < -0.3 is 14.5 Å². The third-order valence-electron chi connectivity index (χ3n) is 6.52. The zero-order valence-corrected chi connectivity index (χ0v) is 16.2. The molecular weight excluding hydrogens is 342 g/mol. The Morgan fingerprint density at radius 2 is 1.81 bits per heavy atom. The van der Waals surface area contributed by atoms with Gasteiger partial charge in [-0.25, -0.2) is 0 Å². The van der Waals surface area contributed by atoms with Crippen molar-refractivity contribution >= 4 is 11.8 Å². The van der Waals surface area contributed by atoms with Crippen LogP contribution in [-0.4, -0.2) is 65.5 Å². The molecule has 1 aromatic heterocycles. The lowest BCUT2D eigenvalue weighted by atomic mass is 9.67. The van der Waals surface area contributed by atoms with Gasteiger partial charge in [-0.3, -0.25) is 14.6 Å². The Morgan fingerprint density at radius 1 is 1.07 bits per heavy atom. The summed E-state index contributed by atoms with van der Waals surface area (Å²) in [7, 11) is 0. The number of hydrogen-bond acceptors (Lipinski definition) is 4. The average Bonchev–Trinajstić information content (AvgIpc) is 3.23. The van der Waals surface area contributed by atoms with Crippen LogP contribution < -0.4 is 0 Å². The van der Waals surface area contributed by atoms with Crippen molar-refractivity contribution in [3.05, 3.63) is 29.6 Å². The number of likely N-dealkylation sites (tertiary alicyclic amines) is 2. The summed E-state index contributed by atoms with van der Waals surface area (Å²) in [6.07, 6.45) is 7.40. The maximum absolute atomic E-state index is 13.5. The van der Waals surface area contributed by atoms with E-state index in [2.05, 4.69) is 4.98 Å². The van der Waals surface area contributed by atoms with Crippen molar-refractivity contribution in [1.82, 2.24) is 14.8 Å². The lowest BCUT2D eigenvalue weighted by molar-refractivity contribution is -0.147. The number of hydrogen-bond donors (Lipinski definition) is 0. The molecule has 0 aliphatic carbocycles. The number of ether oxygens (including phenoxy) is 1. The summed E-state index contributed by atoms with van der Waals surface area (Å²) >= 11 is 0. The van der Waals surface area contributed by atoms with Gasteiger partial charge in [0.1, 0.15) is 6.04 Å². The van der Waals surface area contributed by atoms with E-state index >= 15 is 0 Å². The lowest BCUT2D eigenvalue weighted by Crippen LogP contribution is -2.62. The Hall–Kier alpha value is -1.95. The highest BCUT2D eigenvalue weighted by Crippen LogP contribution is 2.45. The summed E-state index contributed by atoms with van der Waals surface area (Å²) in [4.78, 5) is 35.0. The second kappa shape index (κ2) is 7.58. The third-order valence-corrected chi connectivity index (χ3v) is 6.52. The molecule has 3 aliphatic rings. The molecule has 1 atom stereocenters. The van der Waals surface area contributed by atoms with E-state index in [9.17, 15) is 9.59 Å². The van der Waals surface area contributed by atoms with Gasteiger partial charge in [-0.2, -0.15) is 0 Å². The normalized spacial score (nSPS) is 25.0. The first kappa shape index (κ1) is 18.4.